The van der Waals surface area contributed by atoms with Gasteiger partial charge in [-0.15, -0.1) is 0 Å². The summed E-state index contributed by atoms with van der Waals surface area (Å²) in [6.45, 7) is 4.11. The lowest BCUT2D eigenvalue weighted by molar-refractivity contribution is 0.104. The Morgan fingerprint density at radius 2 is 1.68 bits per heavy atom. The number of hydrogen-bond donors (Lipinski definition) is 0. The van der Waals surface area contributed by atoms with Crippen LogP contribution in [0.2, 0.25) is 0 Å². The summed E-state index contributed by atoms with van der Waals surface area (Å²) in [5.41, 5.74) is 5.30. The average molecular weight is 339 g/mol. The van der Waals surface area contributed by atoms with Gasteiger partial charge in [0.1, 0.15) is 5.75 Å². The zero-order valence-corrected chi connectivity index (χ0v) is 15.0. The lowest BCUT2D eigenvalue weighted by Gasteiger charge is -2.22. The second kappa shape index (κ2) is 8.17. The maximum Gasteiger partial charge on any atom is 0.513 e. The largest absolute Gasteiger partial charge is 0.513 e. The predicted octanol–water partition coefficient (Wildman–Crippen LogP) is 3.84. The third-order valence-corrected chi connectivity index (χ3v) is 4.67. The van der Waals surface area contributed by atoms with Crippen LogP contribution in [0.25, 0.3) is 0 Å². The second-order valence-corrected chi connectivity index (χ2v) is 6.46. The lowest BCUT2D eigenvalue weighted by atomic mass is 9.93. The molecule has 0 aromatic heterocycles. The molecule has 0 unspecified atom stereocenters. The summed E-state index contributed by atoms with van der Waals surface area (Å²) in [4.78, 5) is 13.9. The fraction of sp³-hybridized carbons (Fsp3) is 0.381. The van der Waals surface area contributed by atoms with Crippen LogP contribution in [0.3, 0.4) is 0 Å². The Labute approximate surface area is 149 Å². The topological polar surface area (TPSA) is 38.8 Å². The third-order valence-electron chi connectivity index (χ3n) is 4.67. The number of carbonyl (C=O) groups excluding carboxylic acids is 1. The molecular weight excluding hydrogens is 314 g/mol. The van der Waals surface area contributed by atoms with Crippen molar-refractivity contribution in [2.45, 2.75) is 26.2 Å². The van der Waals surface area contributed by atoms with E-state index in [9.17, 15) is 4.79 Å². The van der Waals surface area contributed by atoms with Crippen molar-refractivity contribution in [1.29, 1.82) is 0 Å². The van der Waals surface area contributed by atoms with Gasteiger partial charge in [-0.25, -0.2) is 4.79 Å². The van der Waals surface area contributed by atoms with Gasteiger partial charge in [0.2, 0.25) is 0 Å². The number of likely N-dealkylation sites (N-methyl/N-ethyl adjacent to an activating group) is 1. The van der Waals surface area contributed by atoms with Gasteiger partial charge in [0.15, 0.2) is 0 Å². The van der Waals surface area contributed by atoms with Gasteiger partial charge in [-0.2, -0.15) is 0 Å². The first-order valence-electron chi connectivity index (χ1n) is 8.87. The molecule has 0 spiro atoms. The molecular formula is C21H25NO3. The molecule has 4 nitrogen and oxygen atoms in total. The van der Waals surface area contributed by atoms with Gasteiger partial charge in [-0.05, 0) is 67.6 Å². The number of carbonyl (C=O) groups is 1. The Bertz CT molecular complexity index is 742. The van der Waals surface area contributed by atoms with E-state index in [0.717, 1.165) is 32.4 Å². The molecule has 1 aliphatic rings. The van der Waals surface area contributed by atoms with Crippen molar-refractivity contribution < 1.29 is 14.3 Å². The van der Waals surface area contributed by atoms with E-state index in [1.807, 2.05) is 12.1 Å². The van der Waals surface area contributed by atoms with Crippen LogP contribution in [-0.4, -0.2) is 37.8 Å². The highest BCUT2D eigenvalue weighted by molar-refractivity contribution is 5.64. The van der Waals surface area contributed by atoms with Crippen LogP contribution >= 0.6 is 0 Å². The standard InChI is InChI=1S/C21H25NO3/c1-3-24-21(23)25-20-9-8-18-14-17-7-5-4-6-16(17)10-12-22(2)13-11-19(18)15-20/h4-9,15H,3,10-14H2,1-2H3. The fourth-order valence-corrected chi connectivity index (χ4v) is 3.23. The molecule has 0 N–H and O–H groups in total. The minimum atomic E-state index is -0.648. The molecule has 0 saturated carbocycles. The molecule has 0 amide bonds. The zero-order chi connectivity index (χ0) is 17.6. The van der Waals surface area contributed by atoms with Crippen molar-refractivity contribution in [2.75, 3.05) is 26.7 Å². The molecule has 0 bridgehead atoms. The van der Waals surface area contributed by atoms with Crippen LogP contribution in [0, 0.1) is 0 Å². The van der Waals surface area contributed by atoms with E-state index < -0.39 is 6.16 Å². The monoisotopic (exact) mass is 339 g/mol. The van der Waals surface area contributed by atoms with E-state index in [1.165, 1.54) is 22.3 Å². The van der Waals surface area contributed by atoms with Crippen molar-refractivity contribution in [3.05, 3.63) is 64.7 Å². The molecule has 0 saturated heterocycles. The third kappa shape index (κ3) is 4.60. The van der Waals surface area contributed by atoms with Crippen LogP contribution < -0.4 is 4.74 Å². The first-order valence-corrected chi connectivity index (χ1v) is 8.87. The summed E-state index contributed by atoms with van der Waals surface area (Å²) < 4.78 is 10.1. The Morgan fingerprint density at radius 1 is 1.00 bits per heavy atom. The highest BCUT2D eigenvalue weighted by Gasteiger charge is 2.14. The molecule has 2 aromatic carbocycles. The first kappa shape index (κ1) is 17.5. The van der Waals surface area contributed by atoms with Gasteiger partial charge < -0.3 is 14.4 Å². The van der Waals surface area contributed by atoms with Gasteiger partial charge >= 0.3 is 6.16 Å². The summed E-state index contributed by atoms with van der Waals surface area (Å²) in [7, 11) is 2.16. The predicted molar refractivity (Wildman–Crippen MR) is 98.2 cm³/mol. The number of hydrogen-bond acceptors (Lipinski definition) is 4. The highest BCUT2D eigenvalue weighted by atomic mass is 16.7. The van der Waals surface area contributed by atoms with Gasteiger partial charge in [0, 0.05) is 13.1 Å². The summed E-state index contributed by atoms with van der Waals surface area (Å²) in [6.07, 6.45) is 2.28. The Kier molecular flexibility index (Phi) is 5.71. The summed E-state index contributed by atoms with van der Waals surface area (Å²) in [5.74, 6) is 0.546. The molecule has 0 aliphatic carbocycles. The van der Waals surface area contributed by atoms with Crippen molar-refractivity contribution in [1.82, 2.24) is 4.90 Å². The molecule has 132 valence electrons. The SMILES string of the molecule is CCOC(=O)Oc1ccc2c(c1)CCN(C)CCc1ccccc1C2. The molecule has 3 rings (SSSR count). The van der Waals surface area contributed by atoms with Crippen LogP contribution in [0.4, 0.5) is 4.79 Å². The van der Waals surface area contributed by atoms with Gasteiger partial charge in [-0.1, -0.05) is 30.3 Å². The van der Waals surface area contributed by atoms with E-state index in [2.05, 4.69) is 42.3 Å². The van der Waals surface area contributed by atoms with Crippen molar-refractivity contribution >= 4 is 6.16 Å². The lowest BCUT2D eigenvalue weighted by Crippen LogP contribution is -2.25. The van der Waals surface area contributed by atoms with Crippen molar-refractivity contribution in [3.8, 4) is 5.75 Å². The molecule has 1 aliphatic heterocycles. The van der Waals surface area contributed by atoms with E-state index in [-0.39, 0.29) is 0 Å². The first-order chi connectivity index (χ1) is 12.2. The van der Waals surface area contributed by atoms with Gasteiger partial charge in [0.25, 0.3) is 0 Å². The highest BCUT2D eigenvalue weighted by Crippen LogP contribution is 2.24. The van der Waals surface area contributed by atoms with Crippen LogP contribution in [0.5, 0.6) is 5.75 Å². The average Bonchev–Trinajstić information content (AvgIpc) is 2.61. The van der Waals surface area contributed by atoms with E-state index in [4.69, 9.17) is 9.47 Å². The summed E-state index contributed by atoms with van der Waals surface area (Å²) in [5, 5.41) is 0. The number of ether oxygens (including phenoxy) is 2. The van der Waals surface area contributed by atoms with E-state index >= 15 is 0 Å². The number of nitrogens with zero attached hydrogens (tertiary/aromatic N) is 1. The smallest absolute Gasteiger partial charge is 0.434 e. The van der Waals surface area contributed by atoms with Crippen molar-refractivity contribution in [2.24, 2.45) is 0 Å². The van der Waals surface area contributed by atoms with Crippen LogP contribution in [-0.2, 0) is 24.0 Å². The van der Waals surface area contributed by atoms with E-state index in [1.54, 1.807) is 6.92 Å². The molecule has 1 heterocycles. The molecule has 0 radical (unpaired) electrons. The van der Waals surface area contributed by atoms with Gasteiger partial charge in [0.05, 0.1) is 6.61 Å². The zero-order valence-electron chi connectivity index (χ0n) is 15.0. The molecule has 4 heteroatoms. The molecule has 2 aromatic rings. The number of benzene rings is 2. The Hall–Kier alpha value is -2.33. The Morgan fingerprint density at radius 3 is 2.44 bits per heavy atom. The summed E-state index contributed by atoms with van der Waals surface area (Å²) >= 11 is 0. The fourth-order valence-electron chi connectivity index (χ4n) is 3.23. The van der Waals surface area contributed by atoms with Crippen LogP contribution in [0.15, 0.2) is 42.5 Å². The number of rotatable bonds is 2. The van der Waals surface area contributed by atoms with E-state index in [0.29, 0.717) is 12.4 Å². The minimum Gasteiger partial charge on any atom is -0.434 e. The van der Waals surface area contributed by atoms with Crippen LogP contribution in [0.1, 0.15) is 29.2 Å². The maximum absolute atomic E-state index is 11.6. The minimum absolute atomic E-state index is 0.311. The summed E-state index contributed by atoms with van der Waals surface area (Å²) in [6, 6.07) is 14.6. The Balaban J connectivity index is 1.90. The number of fused-ring (bicyclic) bond motifs is 2. The molecule has 0 atom stereocenters. The normalized spacial score (nSPS) is 15.0. The second-order valence-electron chi connectivity index (χ2n) is 6.46. The molecule has 25 heavy (non-hydrogen) atoms. The quantitative estimate of drug-likeness (QED) is 0.615. The van der Waals surface area contributed by atoms with Gasteiger partial charge in [-0.3, -0.25) is 0 Å². The molecule has 0 fully saturated rings. The van der Waals surface area contributed by atoms with Crippen molar-refractivity contribution in [3.63, 3.8) is 0 Å². The maximum atomic E-state index is 11.6.